The number of nitrogens with one attached hydrogen (secondary N) is 1. The first kappa shape index (κ1) is 8.86. The van der Waals surface area contributed by atoms with E-state index >= 15 is 0 Å². The summed E-state index contributed by atoms with van der Waals surface area (Å²) in [6.45, 7) is 0. The number of hydrogen-bond donors (Lipinski definition) is 1. The van der Waals surface area contributed by atoms with Crippen LogP contribution in [0.3, 0.4) is 0 Å². The van der Waals surface area contributed by atoms with Crippen molar-refractivity contribution in [3.05, 3.63) is 21.1 Å². The fraction of sp³-hybridized carbons (Fsp3) is 0.333. The number of carbonyl (C=O) groups is 1. The molecule has 0 aliphatic heterocycles. The first-order valence-corrected chi connectivity index (χ1v) is 3.48. The molecule has 0 unspecified atom stereocenters. The maximum Gasteiger partial charge on any atom is 0.357 e. The molecule has 1 aromatic heterocycles. The molecule has 1 aromatic rings. The van der Waals surface area contributed by atoms with Crippen molar-refractivity contribution in [1.82, 2.24) is 9.78 Å². The van der Waals surface area contributed by atoms with Crippen LogP contribution in [0, 0.1) is 0 Å². The van der Waals surface area contributed by atoms with Crippen molar-refractivity contribution in [3.8, 4) is 0 Å². The quantitative estimate of drug-likeness (QED) is 0.642. The Hall–Kier alpha value is -1.23. The number of H-pyrrole nitrogens is 1. The van der Waals surface area contributed by atoms with Crippen molar-refractivity contribution in [2.75, 3.05) is 7.11 Å². The monoisotopic (exact) mass is 190 g/mol. The van der Waals surface area contributed by atoms with Crippen LogP contribution in [-0.2, 0) is 11.8 Å². The van der Waals surface area contributed by atoms with Gasteiger partial charge in [-0.05, 0) is 0 Å². The maximum atomic E-state index is 11.0. The van der Waals surface area contributed by atoms with Gasteiger partial charge in [-0.2, -0.15) is 0 Å². The number of aromatic amines is 1. The summed E-state index contributed by atoms with van der Waals surface area (Å²) in [5.74, 6) is -0.638. The molecule has 0 saturated heterocycles. The van der Waals surface area contributed by atoms with E-state index in [-0.39, 0.29) is 10.7 Å². The van der Waals surface area contributed by atoms with Gasteiger partial charge in [0.25, 0.3) is 5.56 Å². The number of hydrogen-bond acceptors (Lipinski definition) is 3. The van der Waals surface area contributed by atoms with Crippen LogP contribution in [0.1, 0.15) is 10.5 Å². The lowest BCUT2D eigenvalue weighted by atomic mass is 10.4. The Bertz CT molecular complexity index is 365. The zero-order valence-electron chi connectivity index (χ0n) is 6.55. The van der Waals surface area contributed by atoms with Crippen molar-refractivity contribution in [3.63, 3.8) is 0 Å². The van der Waals surface area contributed by atoms with Crippen LogP contribution in [-0.4, -0.2) is 22.9 Å². The third-order valence-electron chi connectivity index (χ3n) is 1.39. The summed E-state index contributed by atoms with van der Waals surface area (Å²) in [5.41, 5.74) is -0.469. The summed E-state index contributed by atoms with van der Waals surface area (Å²) in [4.78, 5) is 21.8. The highest BCUT2D eigenvalue weighted by molar-refractivity contribution is 6.33. The van der Waals surface area contributed by atoms with E-state index in [2.05, 4.69) is 9.84 Å². The van der Waals surface area contributed by atoms with Gasteiger partial charge in [0.1, 0.15) is 5.02 Å². The highest BCUT2D eigenvalue weighted by Gasteiger charge is 2.18. The van der Waals surface area contributed by atoms with Crippen LogP contribution in [0.2, 0.25) is 5.02 Å². The highest BCUT2D eigenvalue weighted by atomic mass is 35.5. The lowest BCUT2D eigenvalue weighted by Crippen LogP contribution is -2.08. The maximum absolute atomic E-state index is 11.0. The Morgan fingerprint density at radius 1 is 1.67 bits per heavy atom. The van der Waals surface area contributed by atoms with Crippen LogP contribution >= 0.6 is 11.6 Å². The molecule has 1 N–H and O–H groups in total. The Kier molecular flexibility index (Phi) is 2.23. The number of aromatic nitrogens is 2. The molecular formula is C6H7ClN2O3. The number of ether oxygens (including phenoxy) is 1. The van der Waals surface area contributed by atoms with E-state index in [0.29, 0.717) is 0 Å². The van der Waals surface area contributed by atoms with Crippen LogP contribution in [0.15, 0.2) is 4.79 Å². The zero-order chi connectivity index (χ0) is 9.30. The third kappa shape index (κ3) is 1.23. The van der Waals surface area contributed by atoms with Crippen molar-refractivity contribution in [2.24, 2.45) is 7.05 Å². The van der Waals surface area contributed by atoms with Crippen molar-refractivity contribution >= 4 is 17.6 Å². The minimum Gasteiger partial charge on any atom is -0.464 e. The summed E-state index contributed by atoms with van der Waals surface area (Å²) in [5, 5.41) is 2.17. The molecule has 0 aromatic carbocycles. The van der Waals surface area contributed by atoms with Gasteiger partial charge in [0.2, 0.25) is 0 Å². The van der Waals surface area contributed by atoms with Gasteiger partial charge >= 0.3 is 5.97 Å². The normalized spacial score (nSPS) is 9.92. The van der Waals surface area contributed by atoms with Gasteiger partial charge < -0.3 is 4.74 Å². The topological polar surface area (TPSA) is 64.1 Å². The largest absolute Gasteiger partial charge is 0.464 e. The first-order valence-electron chi connectivity index (χ1n) is 3.10. The minimum atomic E-state index is -0.638. The molecule has 0 amide bonds. The Balaban J connectivity index is 3.32. The number of halogens is 1. The zero-order valence-corrected chi connectivity index (χ0v) is 7.31. The fourth-order valence-electron chi connectivity index (χ4n) is 0.835. The second-order valence-electron chi connectivity index (χ2n) is 2.15. The molecule has 0 aliphatic carbocycles. The highest BCUT2D eigenvalue weighted by Crippen LogP contribution is 2.09. The number of aryl methyl sites for hydroxylation is 1. The van der Waals surface area contributed by atoms with Crippen LogP contribution < -0.4 is 5.56 Å². The molecule has 12 heavy (non-hydrogen) atoms. The number of nitrogens with zero attached hydrogens (tertiary/aromatic N) is 1. The third-order valence-corrected chi connectivity index (χ3v) is 1.74. The van der Waals surface area contributed by atoms with E-state index < -0.39 is 11.5 Å². The molecular weight excluding hydrogens is 184 g/mol. The summed E-state index contributed by atoms with van der Waals surface area (Å²) < 4.78 is 5.63. The molecule has 0 bridgehead atoms. The van der Waals surface area contributed by atoms with Gasteiger partial charge in [0.15, 0.2) is 5.69 Å². The van der Waals surface area contributed by atoms with Crippen molar-refractivity contribution in [2.45, 2.75) is 0 Å². The second-order valence-corrected chi connectivity index (χ2v) is 2.53. The SMILES string of the molecule is COC(=O)c1c(Cl)c(=O)[nH]n1C. The number of esters is 1. The summed E-state index contributed by atoms with van der Waals surface area (Å²) in [6.07, 6.45) is 0. The Morgan fingerprint density at radius 2 is 2.25 bits per heavy atom. The van der Waals surface area contributed by atoms with E-state index in [1.807, 2.05) is 0 Å². The van der Waals surface area contributed by atoms with Gasteiger partial charge in [-0.1, -0.05) is 11.6 Å². The van der Waals surface area contributed by atoms with Gasteiger partial charge in [-0.25, -0.2) is 4.79 Å². The van der Waals surface area contributed by atoms with Crippen LogP contribution in [0.4, 0.5) is 0 Å². The Labute approximate surface area is 72.9 Å². The number of rotatable bonds is 1. The molecule has 66 valence electrons. The van der Waals surface area contributed by atoms with Crippen molar-refractivity contribution in [1.29, 1.82) is 0 Å². The van der Waals surface area contributed by atoms with Gasteiger partial charge in [0.05, 0.1) is 7.11 Å². The summed E-state index contributed by atoms with van der Waals surface area (Å²) in [7, 11) is 2.72. The van der Waals surface area contributed by atoms with Gasteiger partial charge in [-0.15, -0.1) is 0 Å². The lowest BCUT2D eigenvalue weighted by molar-refractivity contribution is 0.0588. The van der Waals surface area contributed by atoms with Crippen molar-refractivity contribution < 1.29 is 9.53 Å². The predicted octanol–water partition coefficient (Wildman–Crippen LogP) is 0.153. The average Bonchev–Trinajstić information content (AvgIpc) is 2.26. The molecule has 1 heterocycles. The predicted molar refractivity (Wildman–Crippen MR) is 42.4 cm³/mol. The molecule has 5 nitrogen and oxygen atoms in total. The van der Waals surface area contributed by atoms with E-state index in [4.69, 9.17) is 11.6 Å². The number of carbonyl (C=O) groups excluding carboxylic acids is 1. The minimum absolute atomic E-state index is 0.0316. The first-order chi connectivity index (χ1) is 5.57. The van der Waals surface area contributed by atoms with E-state index in [1.165, 1.54) is 18.8 Å². The summed E-state index contributed by atoms with van der Waals surface area (Å²) in [6, 6.07) is 0. The molecule has 1 rings (SSSR count). The molecule has 0 saturated carbocycles. The van der Waals surface area contributed by atoms with Gasteiger partial charge in [0, 0.05) is 7.05 Å². The molecule has 0 atom stereocenters. The standard InChI is InChI=1S/C6H7ClN2O3/c1-9-4(6(11)12-2)3(7)5(10)8-9/h1-2H3,(H,8,10). The average molecular weight is 191 g/mol. The lowest BCUT2D eigenvalue weighted by Gasteiger charge is -1.98. The molecule has 6 heteroatoms. The van der Waals surface area contributed by atoms with Gasteiger partial charge in [-0.3, -0.25) is 14.6 Å². The Morgan fingerprint density at radius 3 is 2.58 bits per heavy atom. The second kappa shape index (κ2) is 3.02. The molecule has 0 radical (unpaired) electrons. The fourth-order valence-corrected chi connectivity index (χ4v) is 1.08. The van der Waals surface area contributed by atoms with Crippen LogP contribution in [0.25, 0.3) is 0 Å². The van der Waals surface area contributed by atoms with E-state index in [1.54, 1.807) is 0 Å². The molecule has 0 fully saturated rings. The van der Waals surface area contributed by atoms with E-state index in [9.17, 15) is 9.59 Å². The summed E-state index contributed by atoms with van der Waals surface area (Å²) >= 11 is 5.52. The molecule has 0 spiro atoms. The van der Waals surface area contributed by atoms with Crippen LogP contribution in [0.5, 0.6) is 0 Å². The molecule has 0 aliphatic rings. The van der Waals surface area contributed by atoms with E-state index in [0.717, 1.165) is 0 Å². The smallest absolute Gasteiger partial charge is 0.357 e. The number of methoxy groups -OCH3 is 1.